The first kappa shape index (κ1) is 16.7. The zero-order chi connectivity index (χ0) is 16.9. The molecule has 1 saturated heterocycles. The van der Waals surface area contributed by atoms with Gasteiger partial charge in [0.05, 0.1) is 18.4 Å². The number of ether oxygens (including phenoxy) is 1. The third kappa shape index (κ3) is 3.86. The average Bonchev–Trinajstić information content (AvgIpc) is 2.62. The lowest BCUT2D eigenvalue weighted by Crippen LogP contribution is -2.48. The van der Waals surface area contributed by atoms with Crippen molar-refractivity contribution in [3.8, 4) is 5.75 Å². The number of methoxy groups -OCH3 is 1. The number of rotatable bonds is 4. The van der Waals surface area contributed by atoms with Gasteiger partial charge in [0.25, 0.3) is 5.91 Å². The Morgan fingerprint density at radius 1 is 1.21 bits per heavy atom. The fourth-order valence-electron chi connectivity index (χ4n) is 2.85. The molecule has 0 saturated carbocycles. The highest BCUT2D eigenvalue weighted by Gasteiger charge is 2.24. The molecule has 24 heavy (non-hydrogen) atoms. The molecule has 6 heteroatoms. The maximum Gasteiger partial charge on any atom is 0.257 e. The van der Waals surface area contributed by atoms with Crippen molar-refractivity contribution in [2.45, 2.75) is 6.54 Å². The fraction of sp³-hybridized carbons (Fsp3) is 0.333. The molecular weight excluding hydrogens is 326 g/mol. The zero-order valence-corrected chi connectivity index (χ0v) is 14.4. The summed E-state index contributed by atoms with van der Waals surface area (Å²) < 4.78 is 5.29. The molecule has 0 bridgehead atoms. The van der Waals surface area contributed by atoms with E-state index < -0.39 is 0 Å². The predicted octanol–water partition coefficient (Wildman–Crippen LogP) is 2.70. The van der Waals surface area contributed by atoms with Crippen LogP contribution in [0.1, 0.15) is 16.1 Å². The van der Waals surface area contributed by atoms with Gasteiger partial charge in [-0.15, -0.1) is 0 Å². The summed E-state index contributed by atoms with van der Waals surface area (Å²) in [5.74, 6) is 0.521. The Kier molecular flexibility index (Phi) is 5.33. The van der Waals surface area contributed by atoms with Gasteiger partial charge in [-0.2, -0.15) is 0 Å². The van der Waals surface area contributed by atoms with Gasteiger partial charge in [0.1, 0.15) is 5.75 Å². The molecule has 1 amide bonds. The van der Waals surface area contributed by atoms with Crippen LogP contribution in [-0.2, 0) is 6.54 Å². The van der Waals surface area contributed by atoms with E-state index in [-0.39, 0.29) is 5.91 Å². The molecule has 2 aromatic rings. The lowest BCUT2D eigenvalue weighted by molar-refractivity contribution is 0.0624. The van der Waals surface area contributed by atoms with Gasteiger partial charge in [-0.1, -0.05) is 17.7 Å². The molecule has 0 N–H and O–H groups in total. The van der Waals surface area contributed by atoms with Crippen LogP contribution in [0.3, 0.4) is 0 Å². The zero-order valence-electron chi connectivity index (χ0n) is 13.6. The van der Waals surface area contributed by atoms with Gasteiger partial charge < -0.3 is 9.64 Å². The summed E-state index contributed by atoms with van der Waals surface area (Å²) in [7, 11) is 1.56. The van der Waals surface area contributed by atoms with Crippen LogP contribution >= 0.6 is 11.6 Å². The van der Waals surface area contributed by atoms with Gasteiger partial charge in [-0.25, -0.2) is 0 Å². The second kappa shape index (κ2) is 7.64. The average molecular weight is 346 g/mol. The van der Waals surface area contributed by atoms with Crippen molar-refractivity contribution >= 4 is 17.5 Å². The van der Waals surface area contributed by atoms with Crippen LogP contribution in [0, 0.1) is 0 Å². The number of carbonyl (C=O) groups excluding carboxylic acids is 1. The Hall–Kier alpha value is -2.11. The lowest BCUT2D eigenvalue weighted by Gasteiger charge is -2.34. The maximum absolute atomic E-state index is 12.8. The number of halogens is 1. The van der Waals surface area contributed by atoms with Crippen LogP contribution in [0.25, 0.3) is 0 Å². The molecule has 0 radical (unpaired) electrons. The van der Waals surface area contributed by atoms with Gasteiger partial charge in [-0.3, -0.25) is 14.7 Å². The number of hydrogen-bond acceptors (Lipinski definition) is 4. The molecule has 0 spiro atoms. The third-order valence-electron chi connectivity index (χ3n) is 4.16. The van der Waals surface area contributed by atoms with Crippen LogP contribution in [-0.4, -0.2) is 54.0 Å². The third-order valence-corrected chi connectivity index (χ3v) is 4.40. The monoisotopic (exact) mass is 345 g/mol. The van der Waals surface area contributed by atoms with Crippen molar-refractivity contribution in [2.75, 3.05) is 33.3 Å². The molecule has 5 nitrogen and oxygen atoms in total. The highest BCUT2D eigenvalue weighted by Crippen LogP contribution is 2.24. The van der Waals surface area contributed by atoms with E-state index in [1.54, 1.807) is 31.5 Å². The number of aromatic nitrogens is 1. The second-order valence-corrected chi connectivity index (χ2v) is 6.17. The summed E-state index contributed by atoms with van der Waals surface area (Å²) in [5.41, 5.74) is 1.57. The minimum absolute atomic E-state index is 0.0353. The molecule has 0 unspecified atom stereocenters. The van der Waals surface area contributed by atoms with E-state index in [0.29, 0.717) is 29.4 Å². The van der Waals surface area contributed by atoms with E-state index in [9.17, 15) is 4.79 Å². The van der Waals surface area contributed by atoms with Crippen molar-refractivity contribution < 1.29 is 9.53 Å². The maximum atomic E-state index is 12.8. The quantitative estimate of drug-likeness (QED) is 0.854. The SMILES string of the molecule is COc1ccc(Cl)cc1C(=O)N1CCN(Cc2ccccn2)CC1. The highest BCUT2D eigenvalue weighted by molar-refractivity contribution is 6.31. The van der Waals surface area contributed by atoms with E-state index in [4.69, 9.17) is 16.3 Å². The number of hydrogen-bond donors (Lipinski definition) is 0. The number of piperazine rings is 1. The van der Waals surface area contributed by atoms with Crippen molar-refractivity contribution in [1.29, 1.82) is 0 Å². The highest BCUT2D eigenvalue weighted by atomic mass is 35.5. The fourth-order valence-corrected chi connectivity index (χ4v) is 3.02. The molecule has 0 atom stereocenters. The Balaban J connectivity index is 1.62. The topological polar surface area (TPSA) is 45.7 Å². The summed E-state index contributed by atoms with van der Waals surface area (Å²) in [6, 6.07) is 11.1. The van der Waals surface area contributed by atoms with E-state index in [2.05, 4.69) is 9.88 Å². The Labute approximate surface area is 146 Å². The van der Waals surface area contributed by atoms with Crippen molar-refractivity contribution in [2.24, 2.45) is 0 Å². The first-order valence-electron chi connectivity index (χ1n) is 7.92. The van der Waals surface area contributed by atoms with Gasteiger partial charge in [0, 0.05) is 43.9 Å². The van der Waals surface area contributed by atoms with Gasteiger partial charge in [-0.05, 0) is 30.3 Å². The van der Waals surface area contributed by atoms with Crippen LogP contribution in [0.15, 0.2) is 42.6 Å². The Bertz CT molecular complexity index is 701. The van der Waals surface area contributed by atoms with Crippen LogP contribution < -0.4 is 4.74 Å². The van der Waals surface area contributed by atoms with Crippen LogP contribution in [0.4, 0.5) is 0 Å². The molecule has 1 aromatic carbocycles. The summed E-state index contributed by atoms with van der Waals surface area (Å²) in [5, 5.41) is 0.535. The summed E-state index contributed by atoms with van der Waals surface area (Å²) in [6.07, 6.45) is 1.81. The standard InChI is InChI=1S/C18H20ClN3O2/c1-24-17-6-5-14(19)12-16(17)18(23)22-10-8-21(9-11-22)13-15-4-2-3-7-20-15/h2-7,12H,8-11,13H2,1H3. The summed E-state index contributed by atoms with van der Waals surface area (Å²) in [4.78, 5) is 21.3. The molecular formula is C18H20ClN3O2. The molecule has 1 aromatic heterocycles. The van der Waals surface area contributed by atoms with E-state index >= 15 is 0 Å². The van der Waals surface area contributed by atoms with E-state index in [0.717, 1.165) is 25.3 Å². The van der Waals surface area contributed by atoms with Crippen molar-refractivity contribution in [3.63, 3.8) is 0 Å². The van der Waals surface area contributed by atoms with Crippen molar-refractivity contribution in [3.05, 3.63) is 58.9 Å². The van der Waals surface area contributed by atoms with E-state index in [1.165, 1.54) is 0 Å². The number of nitrogens with zero attached hydrogens (tertiary/aromatic N) is 3. The number of pyridine rings is 1. The lowest BCUT2D eigenvalue weighted by atomic mass is 10.1. The minimum atomic E-state index is -0.0353. The van der Waals surface area contributed by atoms with Crippen LogP contribution in [0.2, 0.25) is 5.02 Å². The van der Waals surface area contributed by atoms with Crippen LogP contribution in [0.5, 0.6) is 5.75 Å². The molecule has 1 aliphatic rings. The number of benzene rings is 1. The Morgan fingerprint density at radius 3 is 2.67 bits per heavy atom. The molecule has 1 aliphatic heterocycles. The van der Waals surface area contributed by atoms with Gasteiger partial charge in [0.2, 0.25) is 0 Å². The first-order chi connectivity index (χ1) is 11.7. The first-order valence-corrected chi connectivity index (χ1v) is 8.30. The van der Waals surface area contributed by atoms with Gasteiger partial charge in [0.15, 0.2) is 0 Å². The largest absolute Gasteiger partial charge is 0.496 e. The smallest absolute Gasteiger partial charge is 0.257 e. The normalized spacial score (nSPS) is 15.3. The Morgan fingerprint density at radius 2 is 2.00 bits per heavy atom. The molecule has 0 aliphatic carbocycles. The second-order valence-electron chi connectivity index (χ2n) is 5.73. The number of carbonyl (C=O) groups is 1. The minimum Gasteiger partial charge on any atom is -0.496 e. The molecule has 2 heterocycles. The number of amides is 1. The van der Waals surface area contributed by atoms with Crippen molar-refractivity contribution in [1.82, 2.24) is 14.8 Å². The molecule has 3 rings (SSSR count). The predicted molar refractivity (Wildman–Crippen MR) is 93.4 cm³/mol. The molecule has 1 fully saturated rings. The van der Waals surface area contributed by atoms with E-state index in [1.807, 2.05) is 23.1 Å². The summed E-state index contributed by atoms with van der Waals surface area (Å²) >= 11 is 6.03. The molecule has 126 valence electrons. The summed E-state index contributed by atoms with van der Waals surface area (Å²) in [6.45, 7) is 3.82. The van der Waals surface area contributed by atoms with Gasteiger partial charge >= 0.3 is 0 Å².